The Bertz CT molecular complexity index is 465. The topological polar surface area (TPSA) is 24.1 Å². The summed E-state index contributed by atoms with van der Waals surface area (Å²) in [5.41, 5.74) is 8.87. The fraction of sp³-hybridized carbons (Fsp3) is 0.125. The van der Waals surface area contributed by atoms with Crippen molar-refractivity contribution in [1.82, 2.24) is 5.43 Å². The van der Waals surface area contributed by atoms with Gasteiger partial charge in [-0.2, -0.15) is 0 Å². The van der Waals surface area contributed by atoms with Crippen LogP contribution in [0.4, 0.5) is 5.69 Å². The molecule has 0 bridgehead atoms. The lowest BCUT2D eigenvalue weighted by Gasteiger charge is -2.19. The zero-order chi connectivity index (χ0) is 12.6. The standard InChI is InChI=1S/C16H18N2/c1-2-9-16(14-10-5-3-6-11-14)18-17-15-12-7-4-8-13-15/h2-8,10-13,16-18H,1,9H2. The Kier molecular flexibility index (Phi) is 4.56. The van der Waals surface area contributed by atoms with Gasteiger partial charge in [0, 0.05) is 5.69 Å². The minimum Gasteiger partial charge on any atom is -0.321 e. The molecule has 0 radical (unpaired) electrons. The van der Waals surface area contributed by atoms with Crippen molar-refractivity contribution in [1.29, 1.82) is 0 Å². The number of rotatable bonds is 6. The fourth-order valence-corrected chi connectivity index (χ4v) is 1.82. The summed E-state index contributed by atoms with van der Waals surface area (Å²) < 4.78 is 0. The first-order valence-corrected chi connectivity index (χ1v) is 6.12. The third-order valence-corrected chi connectivity index (χ3v) is 2.77. The summed E-state index contributed by atoms with van der Waals surface area (Å²) in [6, 6.07) is 20.7. The van der Waals surface area contributed by atoms with E-state index < -0.39 is 0 Å². The van der Waals surface area contributed by atoms with Crippen LogP contribution in [0.25, 0.3) is 0 Å². The first-order valence-electron chi connectivity index (χ1n) is 6.12. The van der Waals surface area contributed by atoms with Gasteiger partial charge in [0.25, 0.3) is 0 Å². The van der Waals surface area contributed by atoms with Gasteiger partial charge in [0.1, 0.15) is 0 Å². The number of para-hydroxylation sites is 1. The highest BCUT2D eigenvalue weighted by molar-refractivity contribution is 5.41. The summed E-state index contributed by atoms with van der Waals surface area (Å²) in [4.78, 5) is 0. The Hall–Kier alpha value is -2.06. The molecule has 1 unspecified atom stereocenters. The highest BCUT2D eigenvalue weighted by Gasteiger charge is 2.07. The first-order chi connectivity index (χ1) is 8.90. The second-order valence-corrected chi connectivity index (χ2v) is 4.12. The minimum absolute atomic E-state index is 0.226. The Morgan fingerprint density at radius 3 is 2.17 bits per heavy atom. The van der Waals surface area contributed by atoms with Crippen LogP contribution in [0.1, 0.15) is 18.0 Å². The minimum atomic E-state index is 0.226. The van der Waals surface area contributed by atoms with Crippen LogP contribution in [-0.4, -0.2) is 0 Å². The van der Waals surface area contributed by atoms with Crippen LogP contribution in [0.3, 0.4) is 0 Å². The Morgan fingerprint density at radius 2 is 1.56 bits per heavy atom. The van der Waals surface area contributed by atoms with E-state index in [2.05, 4.69) is 41.7 Å². The third-order valence-electron chi connectivity index (χ3n) is 2.77. The van der Waals surface area contributed by atoms with E-state index in [9.17, 15) is 0 Å². The number of hydrogen-bond acceptors (Lipinski definition) is 2. The van der Waals surface area contributed by atoms with Crippen molar-refractivity contribution >= 4 is 5.69 Å². The van der Waals surface area contributed by atoms with Crippen molar-refractivity contribution in [2.24, 2.45) is 0 Å². The summed E-state index contributed by atoms with van der Waals surface area (Å²) in [6.07, 6.45) is 2.81. The largest absolute Gasteiger partial charge is 0.321 e. The van der Waals surface area contributed by atoms with Crippen molar-refractivity contribution in [2.45, 2.75) is 12.5 Å². The Labute approximate surface area is 108 Å². The molecule has 2 rings (SSSR count). The normalized spacial score (nSPS) is 11.8. The van der Waals surface area contributed by atoms with Gasteiger partial charge >= 0.3 is 0 Å². The van der Waals surface area contributed by atoms with Gasteiger partial charge in [-0.15, -0.1) is 6.58 Å². The number of anilines is 1. The second-order valence-electron chi connectivity index (χ2n) is 4.12. The average molecular weight is 238 g/mol. The molecule has 0 saturated heterocycles. The predicted molar refractivity (Wildman–Crippen MR) is 77.2 cm³/mol. The van der Waals surface area contributed by atoms with E-state index in [0.717, 1.165) is 12.1 Å². The van der Waals surface area contributed by atoms with Crippen molar-refractivity contribution < 1.29 is 0 Å². The molecule has 0 heterocycles. The van der Waals surface area contributed by atoms with Crippen LogP contribution in [0, 0.1) is 0 Å². The van der Waals surface area contributed by atoms with Crippen LogP contribution < -0.4 is 10.9 Å². The SMILES string of the molecule is C=CCC(NNc1ccccc1)c1ccccc1. The van der Waals surface area contributed by atoms with Crippen LogP contribution in [0.15, 0.2) is 73.3 Å². The van der Waals surface area contributed by atoms with Crippen molar-refractivity contribution in [3.63, 3.8) is 0 Å². The van der Waals surface area contributed by atoms with Gasteiger partial charge < -0.3 is 5.43 Å². The lowest BCUT2D eigenvalue weighted by Crippen LogP contribution is -2.26. The molecule has 2 heteroatoms. The summed E-state index contributed by atoms with van der Waals surface area (Å²) in [5, 5.41) is 0. The molecule has 2 aromatic carbocycles. The van der Waals surface area contributed by atoms with E-state index in [-0.39, 0.29) is 6.04 Å². The Morgan fingerprint density at radius 1 is 0.944 bits per heavy atom. The third kappa shape index (κ3) is 3.47. The van der Waals surface area contributed by atoms with Gasteiger partial charge in [-0.05, 0) is 24.1 Å². The smallest absolute Gasteiger partial charge is 0.0544 e. The summed E-state index contributed by atoms with van der Waals surface area (Å²) in [6.45, 7) is 3.81. The van der Waals surface area contributed by atoms with Crippen molar-refractivity contribution in [3.8, 4) is 0 Å². The molecular formula is C16H18N2. The van der Waals surface area contributed by atoms with E-state index in [1.54, 1.807) is 0 Å². The van der Waals surface area contributed by atoms with E-state index >= 15 is 0 Å². The van der Waals surface area contributed by atoms with Crippen molar-refractivity contribution in [3.05, 3.63) is 78.9 Å². The van der Waals surface area contributed by atoms with Gasteiger partial charge in [0.15, 0.2) is 0 Å². The first kappa shape index (κ1) is 12.4. The molecule has 92 valence electrons. The molecule has 2 nitrogen and oxygen atoms in total. The lowest BCUT2D eigenvalue weighted by atomic mass is 10.0. The zero-order valence-electron chi connectivity index (χ0n) is 10.3. The molecule has 2 N–H and O–H groups in total. The van der Waals surface area contributed by atoms with Gasteiger partial charge in [0.2, 0.25) is 0 Å². The monoisotopic (exact) mass is 238 g/mol. The van der Waals surface area contributed by atoms with Gasteiger partial charge in [-0.25, -0.2) is 5.43 Å². The molecule has 0 fully saturated rings. The van der Waals surface area contributed by atoms with Crippen LogP contribution in [0.5, 0.6) is 0 Å². The molecular weight excluding hydrogens is 220 g/mol. The molecule has 0 aliphatic carbocycles. The van der Waals surface area contributed by atoms with E-state index in [1.165, 1.54) is 5.56 Å². The molecule has 0 amide bonds. The van der Waals surface area contributed by atoms with Gasteiger partial charge in [0.05, 0.1) is 6.04 Å². The predicted octanol–water partition coefficient (Wildman–Crippen LogP) is 3.92. The van der Waals surface area contributed by atoms with Gasteiger partial charge in [-0.1, -0.05) is 54.6 Å². The maximum atomic E-state index is 3.81. The maximum Gasteiger partial charge on any atom is 0.0544 e. The fourth-order valence-electron chi connectivity index (χ4n) is 1.82. The number of nitrogens with one attached hydrogen (secondary N) is 2. The highest BCUT2D eigenvalue weighted by atomic mass is 15.4. The molecule has 0 aliphatic heterocycles. The molecule has 0 aromatic heterocycles. The maximum absolute atomic E-state index is 3.81. The zero-order valence-corrected chi connectivity index (χ0v) is 10.3. The summed E-state index contributed by atoms with van der Waals surface area (Å²) in [7, 11) is 0. The highest BCUT2D eigenvalue weighted by Crippen LogP contribution is 2.17. The molecule has 0 spiro atoms. The molecule has 1 atom stereocenters. The number of hydrogen-bond donors (Lipinski definition) is 2. The van der Waals surface area contributed by atoms with Crippen LogP contribution in [0.2, 0.25) is 0 Å². The number of benzene rings is 2. The Balaban J connectivity index is 2.01. The van der Waals surface area contributed by atoms with Gasteiger partial charge in [-0.3, -0.25) is 0 Å². The van der Waals surface area contributed by atoms with E-state index in [4.69, 9.17) is 0 Å². The quantitative estimate of drug-likeness (QED) is 0.588. The lowest BCUT2D eigenvalue weighted by molar-refractivity contribution is 0.597. The molecule has 0 aliphatic rings. The molecule has 18 heavy (non-hydrogen) atoms. The second kappa shape index (κ2) is 6.62. The van der Waals surface area contributed by atoms with E-state index in [1.807, 2.05) is 42.5 Å². The number of hydrazine groups is 1. The van der Waals surface area contributed by atoms with Crippen LogP contribution in [-0.2, 0) is 0 Å². The average Bonchev–Trinajstić information content (AvgIpc) is 2.45. The molecule has 0 saturated carbocycles. The summed E-state index contributed by atoms with van der Waals surface area (Å²) >= 11 is 0. The molecule has 2 aromatic rings. The van der Waals surface area contributed by atoms with Crippen LogP contribution >= 0.6 is 0 Å². The summed E-state index contributed by atoms with van der Waals surface area (Å²) in [5.74, 6) is 0. The van der Waals surface area contributed by atoms with Crippen molar-refractivity contribution in [2.75, 3.05) is 5.43 Å². The van der Waals surface area contributed by atoms with E-state index in [0.29, 0.717) is 0 Å².